The zero-order valence-corrected chi connectivity index (χ0v) is 12.3. The minimum atomic E-state index is -1.21. The summed E-state index contributed by atoms with van der Waals surface area (Å²) in [6.07, 6.45) is 0. The molecule has 0 bridgehead atoms. The molecule has 0 saturated carbocycles. The maximum atomic E-state index is 12.5. The molecule has 106 valence electrons. The van der Waals surface area contributed by atoms with E-state index in [-0.39, 0.29) is 0 Å². The van der Waals surface area contributed by atoms with Gasteiger partial charge in [-0.25, -0.2) is 0 Å². The number of benzene rings is 2. The van der Waals surface area contributed by atoms with Crippen LogP contribution in [0.5, 0.6) is 11.5 Å². The van der Waals surface area contributed by atoms with Gasteiger partial charge in [0.1, 0.15) is 11.5 Å². The van der Waals surface area contributed by atoms with Crippen LogP contribution in [0.2, 0.25) is 0 Å². The van der Waals surface area contributed by atoms with E-state index in [2.05, 4.69) is 0 Å². The highest BCUT2D eigenvalue weighted by atomic mass is 32.2. The normalized spacial score (nSPS) is 11.9. The first kappa shape index (κ1) is 14.4. The summed E-state index contributed by atoms with van der Waals surface area (Å²) in [7, 11) is 1.93. The first-order valence-electron chi connectivity index (χ1n) is 6.09. The predicted octanol–water partition coefficient (Wildman–Crippen LogP) is 2.59. The summed E-state index contributed by atoms with van der Waals surface area (Å²) in [5.41, 5.74) is 7.19. The fourth-order valence-electron chi connectivity index (χ4n) is 1.91. The van der Waals surface area contributed by atoms with Crippen LogP contribution in [0.4, 0.5) is 5.69 Å². The van der Waals surface area contributed by atoms with E-state index in [1.807, 2.05) is 18.2 Å². The summed E-state index contributed by atoms with van der Waals surface area (Å²) in [5, 5.41) is 0. The van der Waals surface area contributed by atoms with Gasteiger partial charge in [-0.1, -0.05) is 18.2 Å². The molecule has 2 aromatic carbocycles. The fourth-order valence-corrected chi connectivity index (χ4v) is 3.19. The standard InChI is InChI=1S/C15H17NO3S/c1-18-13-5-3-4-6-15(13)20(17)10-11-7-8-12(16)9-14(11)19-2/h3-9H,10,16H2,1-2H3. The minimum absolute atomic E-state index is 0.351. The van der Waals surface area contributed by atoms with Crippen LogP contribution in [0.3, 0.4) is 0 Å². The van der Waals surface area contributed by atoms with Crippen LogP contribution in [-0.4, -0.2) is 18.4 Å². The van der Waals surface area contributed by atoms with Gasteiger partial charge in [0, 0.05) is 17.3 Å². The van der Waals surface area contributed by atoms with Crippen molar-refractivity contribution in [2.24, 2.45) is 0 Å². The number of hydrogen-bond acceptors (Lipinski definition) is 4. The lowest BCUT2D eigenvalue weighted by molar-refractivity contribution is 0.403. The van der Waals surface area contributed by atoms with Gasteiger partial charge in [-0.05, 0) is 18.2 Å². The number of ether oxygens (including phenoxy) is 2. The molecule has 0 aliphatic carbocycles. The van der Waals surface area contributed by atoms with Gasteiger partial charge in [0.2, 0.25) is 0 Å². The van der Waals surface area contributed by atoms with E-state index in [9.17, 15) is 4.21 Å². The molecular weight excluding hydrogens is 274 g/mol. The number of anilines is 1. The number of hydrogen-bond donors (Lipinski definition) is 1. The topological polar surface area (TPSA) is 61.5 Å². The second kappa shape index (κ2) is 6.43. The number of para-hydroxylation sites is 1. The summed E-state index contributed by atoms with van der Waals surface area (Å²) in [6, 6.07) is 12.6. The van der Waals surface area contributed by atoms with Gasteiger partial charge < -0.3 is 15.2 Å². The zero-order valence-electron chi connectivity index (χ0n) is 11.5. The molecule has 0 fully saturated rings. The summed E-state index contributed by atoms with van der Waals surface area (Å²) in [6.45, 7) is 0. The molecular formula is C15H17NO3S. The lowest BCUT2D eigenvalue weighted by Crippen LogP contribution is -2.01. The van der Waals surface area contributed by atoms with Crippen molar-refractivity contribution in [3.63, 3.8) is 0 Å². The maximum Gasteiger partial charge on any atom is 0.134 e. The molecule has 4 nitrogen and oxygen atoms in total. The van der Waals surface area contributed by atoms with Crippen molar-refractivity contribution in [1.82, 2.24) is 0 Å². The molecule has 2 rings (SSSR count). The molecule has 1 unspecified atom stereocenters. The third-order valence-corrected chi connectivity index (χ3v) is 4.31. The SMILES string of the molecule is COc1cc(N)ccc1CS(=O)c1ccccc1OC. The molecule has 0 saturated heterocycles. The Hall–Kier alpha value is -2.01. The quantitative estimate of drug-likeness (QED) is 0.860. The van der Waals surface area contributed by atoms with E-state index < -0.39 is 10.8 Å². The molecule has 1 atom stereocenters. The van der Waals surface area contributed by atoms with E-state index >= 15 is 0 Å². The van der Waals surface area contributed by atoms with Gasteiger partial charge >= 0.3 is 0 Å². The van der Waals surface area contributed by atoms with E-state index in [1.165, 1.54) is 0 Å². The number of nitrogen functional groups attached to an aromatic ring is 1. The third-order valence-electron chi connectivity index (χ3n) is 2.91. The highest BCUT2D eigenvalue weighted by Crippen LogP contribution is 2.27. The molecule has 0 heterocycles. The minimum Gasteiger partial charge on any atom is -0.496 e. The van der Waals surface area contributed by atoms with Crippen molar-refractivity contribution in [2.75, 3.05) is 20.0 Å². The highest BCUT2D eigenvalue weighted by molar-refractivity contribution is 7.84. The summed E-state index contributed by atoms with van der Waals surface area (Å²) in [5.74, 6) is 1.62. The van der Waals surface area contributed by atoms with Gasteiger partial charge in [0.25, 0.3) is 0 Å². The van der Waals surface area contributed by atoms with Crippen molar-refractivity contribution in [2.45, 2.75) is 10.6 Å². The Morgan fingerprint density at radius 3 is 2.45 bits per heavy atom. The van der Waals surface area contributed by atoms with Crippen LogP contribution in [0.1, 0.15) is 5.56 Å². The Morgan fingerprint density at radius 1 is 1.05 bits per heavy atom. The van der Waals surface area contributed by atoms with Crippen LogP contribution in [0.15, 0.2) is 47.4 Å². The average molecular weight is 291 g/mol. The largest absolute Gasteiger partial charge is 0.496 e. The Morgan fingerprint density at radius 2 is 1.75 bits per heavy atom. The third kappa shape index (κ3) is 3.11. The predicted molar refractivity (Wildman–Crippen MR) is 80.5 cm³/mol. The van der Waals surface area contributed by atoms with Crippen molar-refractivity contribution in [1.29, 1.82) is 0 Å². The Bertz CT molecular complexity index is 628. The lowest BCUT2D eigenvalue weighted by Gasteiger charge is -2.11. The molecule has 0 amide bonds. The van der Waals surface area contributed by atoms with E-state index in [0.29, 0.717) is 27.8 Å². The van der Waals surface area contributed by atoms with E-state index in [0.717, 1.165) is 5.56 Å². The van der Waals surface area contributed by atoms with Crippen LogP contribution in [-0.2, 0) is 16.6 Å². The molecule has 2 N–H and O–H groups in total. The molecule has 2 aromatic rings. The maximum absolute atomic E-state index is 12.5. The summed E-state index contributed by atoms with van der Waals surface area (Å²) in [4.78, 5) is 0.675. The molecule has 0 aliphatic rings. The van der Waals surface area contributed by atoms with Crippen molar-refractivity contribution < 1.29 is 13.7 Å². The van der Waals surface area contributed by atoms with Crippen LogP contribution >= 0.6 is 0 Å². The van der Waals surface area contributed by atoms with Crippen LogP contribution in [0, 0.1) is 0 Å². The molecule has 0 spiro atoms. The first-order chi connectivity index (χ1) is 9.65. The Labute approximate surface area is 121 Å². The first-order valence-corrected chi connectivity index (χ1v) is 7.41. The molecule has 0 radical (unpaired) electrons. The lowest BCUT2D eigenvalue weighted by atomic mass is 10.2. The molecule has 0 aromatic heterocycles. The van der Waals surface area contributed by atoms with Gasteiger partial charge in [-0.2, -0.15) is 0 Å². The van der Waals surface area contributed by atoms with Crippen molar-refractivity contribution in [3.05, 3.63) is 48.0 Å². The van der Waals surface area contributed by atoms with E-state index in [1.54, 1.807) is 38.5 Å². The summed E-state index contributed by atoms with van der Waals surface area (Å²) >= 11 is 0. The van der Waals surface area contributed by atoms with Crippen LogP contribution < -0.4 is 15.2 Å². The zero-order chi connectivity index (χ0) is 14.5. The molecule has 5 heteroatoms. The van der Waals surface area contributed by atoms with Crippen molar-refractivity contribution >= 4 is 16.5 Å². The summed E-state index contributed by atoms with van der Waals surface area (Å²) < 4.78 is 23.0. The fraction of sp³-hybridized carbons (Fsp3) is 0.200. The Kier molecular flexibility index (Phi) is 4.63. The van der Waals surface area contributed by atoms with Crippen molar-refractivity contribution in [3.8, 4) is 11.5 Å². The van der Waals surface area contributed by atoms with Crippen LogP contribution in [0.25, 0.3) is 0 Å². The molecule has 0 aliphatic heterocycles. The highest BCUT2D eigenvalue weighted by Gasteiger charge is 2.13. The second-order valence-electron chi connectivity index (χ2n) is 4.21. The van der Waals surface area contributed by atoms with Gasteiger partial charge in [0.15, 0.2) is 0 Å². The van der Waals surface area contributed by atoms with Gasteiger partial charge in [-0.15, -0.1) is 0 Å². The van der Waals surface area contributed by atoms with Gasteiger partial charge in [0.05, 0.1) is 35.7 Å². The number of nitrogens with two attached hydrogens (primary N) is 1. The number of methoxy groups -OCH3 is 2. The van der Waals surface area contributed by atoms with E-state index in [4.69, 9.17) is 15.2 Å². The second-order valence-corrected chi connectivity index (χ2v) is 5.63. The Balaban J connectivity index is 2.28. The number of rotatable bonds is 5. The molecule has 20 heavy (non-hydrogen) atoms. The monoisotopic (exact) mass is 291 g/mol. The van der Waals surface area contributed by atoms with Gasteiger partial charge in [-0.3, -0.25) is 4.21 Å². The smallest absolute Gasteiger partial charge is 0.134 e. The average Bonchev–Trinajstić information content (AvgIpc) is 2.48.